The van der Waals surface area contributed by atoms with Crippen molar-refractivity contribution in [1.82, 2.24) is 10.3 Å². The van der Waals surface area contributed by atoms with Gasteiger partial charge < -0.3 is 5.32 Å². The summed E-state index contributed by atoms with van der Waals surface area (Å²) in [6, 6.07) is 8.20. The van der Waals surface area contributed by atoms with Crippen LogP contribution in [0.4, 0.5) is 0 Å². The molecule has 102 valence electrons. The van der Waals surface area contributed by atoms with Gasteiger partial charge in [0, 0.05) is 12.2 Å². The van der Waals surface area contributed by atoms with E-state index in [1.807, 2.05) is 18.2 Å². The molecule has 0 aromatic carbocycles. The molecule has 0 unspecified atom stereocenters. The predicted molar refractivity (Wildman–Crippen MR) is 75.4 cm³/mol. The molecule has 0 atom stereocenters. The lowest BCUT2D eigenvalue weighted by Gasteiger charge is -2.34. The Hall–Kier alpha value is -2.33. The van der Waals surface area contributed by atoms with Crippen LogP contribution in [0.2, 0.25) is 0 Å². The SMILES string of the molecule is CC#CC(=O)NC1CCC(C#N)(c2ccccn2)CC1. The smallest absolute Gasteiger partial charge is 0.296 e. The maximum atomic E-state index is 11.5. The Morgan fingerprint density at radius 2 is 2.20 bits per heavy atom. The van der Waals surface area contributed by atoms with Crippen LogP contribution in [-0.4, -0.2) is 16.9 Å². The predicted octanol–water partition coefficient (Wildman–Crippen LogP) is 1.93. The molecule has 0 aliphatic heterocycles. The van der Waals surface area contributed by atoms with Gasteiger partial charge in [0.25, 0.3) is 5.91 Å². The normalized spacial score (nSPS) is 24.9. The monoisotopic (exact) mass is 267 g/mol. The van der Waals surface area contributed by atoms with E-state index < -0.39 is 5.41 Å². The number of rotatable bonds is 2. The lowest BCUT2D eigenvalue weighted by Crippen LogP contribution is -2.41. The van der Waals surface area contributed by atoms with E-state index in [1.165, 1.54) is 0 Å². The van der Waals surface area contributed by atoms with Crippen molar-refractivity contribution in [2.24, 2.45) is 0 Å². The maximum Gasteiger partial charge on any atom is 0.296 e. The lowest BCUT2D eigenvalue weighted by atomic mass is 9.71. The van der Waals surface area contributed by atoms with E-state index >= 15 is 0 Å². The number of pyridine rings is 1. The third kappa shape index (κ3) is 2.97. The lowest BCUT2D eigenvalue weighted by molar-refractivity contribution is -0.116. The zero-order valence-electron chi connectivity index (χ0n) is 11.5. The molecule has 4 heteroatoms. The van der Waals surface area contributed by atoms with Gasteiger partial charge in [0.1, 0.15) is 0 Å². The van der Waals surface area contributed by atoms with Crippen LogP contribution >= 0.6 is 0 Å². The molecule has 0 spiro atoms. The Balaban J connectivity index is 2.03. The first-order chi connectivity index (χ1) is 9.70. The minimum atomic E-state index is -0.515. The number of aromatic nitrogens is 1. The third-order valence-corrected chi connectivity index (χ3v) is 3.78. The molecule has 20 heavy (non-hydrogen) atoms. The average molecular weight is 267 g/mol. The second-order valence-electron chi connectivity index (χ2n) is 5.03. The molecule has 1 aliphatic carbocycles. The maximum absolute atomic E-state index is 11.5. The zero-order valence-corrected chi connectivity index (χ0v) is 11.5. The van der Waals surface area contributed by atoms with Crippen LogP contribution in [0.1, 0.15) is 38.3 Å². The highest BCUT2D eigenvalue weighted by atomic mass is 16.1. The van der Waals surface area contributed by atoms with Crippen LogP contribution in [0.15, 0.2) is 24.4 Å². The standard InChI is InChI=1S/C16H17N3O/c1-2-5-15(20)19-13-7-9-16(12-17,10-8-13)14-6-3-4-11-18-14/h3-4,6,11,13H,7-10H2,1H3,(H,19,20). The van der Waals surface area contributed by atoms with E-state index in [0.717, 1.165) is 18.5 Å². The second kappa shape index (κ2) is 6.21. The van der Waals surface area contributed by atoms with E-state index in [0.29, 0.717) is 12.8 Å². The molecule has 1 aromatic heterocycles. The number of hydrogen-bond donors (Lipinski definition) is 1. The van der Waals surface area contributed by atoms with Gasteiger partial charge in [0.05, 0.1) is 17.2 Å². The summed E-state index contributed by atoms with van der Waals surface area (Å²) >= 11 is 0. The molecule has 1 N–H and O–H groups in total. The summed E-state index contributed by atoms with van der Waals surface area (Å²) in [5.74, 6) is 4.83. The topological polar surface area (TPSA) is 65.8 Å². The molecular formula is C16H17N3O. The van der Waals surface area contributed by atoms with Crippen LogP contribution in [0.5, 0.6) is 0 Å². The molecule has 1 aliphatic rings. The van der Waals surface area contributed by atoms with Crippen molar-refractivity contribution in [2.45, 2.75) is 44.1 Å². The Bertz CT molecular complexity index is 569. The van der Waals surface area contributed by atoms with Crippen molar-refractivity contribution < 1.29 is 4.79 Å². The Morgan fingerprint density at radius 1 is 1.45 bits per heavy atom. The first kappa shape index (κ1) is 14.1. The third-order valence-electron chi connectivity index (χ3n) is 3.78. The highest BCUT2D eigenvalue weighted by Crippen LogP contribution is 2.37. The number of nitrogens with one attached hydrogen (secondary N) is 1. The Morgan fingerprint density at radius 3 is 2.75 bits per heavy atom. The molecule has 1 aromatic rings. The van der Waals surface area contributed by atoms with Crippen LogP contribution in [0, 0.1) is 23.2 Å². The minimum absolute atomic E-state index is 0.105. The fourth-order valence-electron chi connectivity index (χ4n) is 2.66. The Kier molecular flexibility index (Phi) is 4.38. The first-order valence-electron chi connectivity index (χ1n) is 6.76. The molecule has 1 fully saturated rings. The van der Waals surface area contributed by atoms with Crippen molar-refractivity contribution >= 4 is 5.91 Å². The van der Waals surface area contributed by atoms with Crippen molar-refractivity contribution in [3.8, 4) is 17.9 Å². The van der Waals surface area contributed by atoms with Gasteiger partial charge in [0.2, 0.25) is 0 Å². The van der Waals surface area contributed by atoms with E-state index in [-0.39, 0.29) is 11.9 Å². The number of carbonyl (C=O) groups is 1. The van der Waals surface area contributed by atoms with Gasteiger partial charge in [0.15, 0.2) is 0 Å². The fourth-order valence-corrected chi connectivity index (χ4v) is 2.66. The quantitative estimate of drug-likeness (QED) is 0.833. The fraction of sp³-hybridized carbons (Fsp3) is 0.438. The minimum Gasteiger partial charge on any atom is -0.343 e. The molecule has 0 saturated heterocycles. The molecule has 1 saturated carbocycles. The van der Waals surface area contributed by atoms with Gasteiger partial charge in [-0.2, -0.15) is 5.26 Å². The van der Waals surface area contributed by atoms with Crippen molar-refractivity contribution in [3.63, 3.8) is 0 Å². The molecule has 0 radical (unpaired) electrons. The van der Waals surface area contributed by atoms with E-state index in [1.54, 1.807) is 13.1 Å². The number of nitrogens with zero attached hydrogens (tertiary/aromatic N) is 2. The molecule has 1 heterocycles. The molecule has 4 nitrogen and oxygen atoms in total. The highest BCUT2D eigenvalue weighted by molar-refractivity contribution is 5.93. The van der Waals surface area contributed by atoms with Crippen LogP contribution < -0.4 is 5.32 Å². The molecule has 2 rings (SSSR count). The van der Waals surface area contributed by atoms with Crippen molar-refractivity contribution in [2.75, 3.05) is 0 Å². The van der Waals surface area contributed by atoms with E-state index in [9.17, 15) is 10.1 Å². The molecular weight excluding hydrogens is 250 g/mol. The number of hydrogen-bond acceptors (Lipinski definition) is 3. The van der Waals surface area contributed by atoms with E-state index in [4.69, 9.17) is 0 Å². The highest BCUT2D eigenvalue weighted by Gasteiger charge is 2.38. The molecule has 1 amide bonds. The molecule has 0 bridgehead atoms. The number of nitriles is 1. The average Bonchev–Trinajstić information content (AvgIpc) is 2.49. The summed E-state index contributed by atoms with van der Waals surface area (Å²) < 4.78 is 0. The van der Waals surface area contributed by atoms with Crippen LogP contribution in [0.25, 0.3) is 0 Å². The van der Waals surface area contributed by atoms with Gasteiger partial charge in [-0.15, -0.1) is 0 Å². The largest absolute Gasteiger partial charge is 0.343 e. The summed E-state index contributed by atoms with van der Waals surface area (Å²) in [5.41, 5.74) is 0.319. The summed E-state index contributed by atoms with van der Waals surface area (Å²) in [6.07, 6.45) is 4.71. The van der Waals surface area contributed by atoms with Gasteiger partial charge in [-0.05, 0) is 50.7 Å². The van der Waals surface area contributed by atoms with Gasteiger partial charge in [-0.25, -0.2) is 0 Å². The van der Waals surface area contributed by atoms with Crippen molar-refractivity contribution in [1.29, 1.82) is 5.26 Å². The summed E-state index contributed by atoms with van der Waals surface area (Å²) in [5, 5.41) is 12.4. The van der Waals surface area contributed by atoms with Gasteiger partial charge in [-0.1, -0.05) is 12.0 Å². The van der Waals surface area contributed by atoms with Crippen LogP contribution in [0.3, 0.4) is 0 Å². The zero-order chi connectivity index (χ0) is 14.4. The second-order valence-corrected chi connectivity index (χ2v) is 5.03. The Labute approximate surface area is 119 Å². The number of carbonyl (C=O) groups excluding carboxylic acids is 1. The first-order valence-corrected chi connectivity index (χ1v) is 6.76. The summed E-state index contributed by atoms with van der Waals surface area (Å²) in [6.45, 7) is 1.64. The van der Waals surface area contributed by atoms with E-state index in [2.05, 4.69) is 28.2 Å². The number of amides is 1. The van der Waals surface area contributed by atoms with Crippen molar-refractivity contribution in [3.05, 3.63) is 30.1 Å². The summed E-state index contributed by atoms with van der Waals surface area (Å²) in [4.78, 5) is 15.8. The van der Waals surface area contributed by atoms with Crippen LogP contribution in [-0.2, 0) is 10.2 Å². The van der Waals surface area contributed by atoms with Gasteiger partial charge >= 0.3 is 0 Å². The summed E-state index contributed by atoms with van der Waals surface area (Å²) in [7, 11) is 0. The van der Waals surface area contributed by atoms with Gasteiger partial charge in [-0.3, -0.25) is 9.78 Å².